The van der Waals surface area contributed by atoms with Crippen LogP contribution in [0.5, 0.6) is 0 Å². The third kappa shape index (κ3) is 5.93. The molecule has 144 valence electrons. The number of carbonyl (C=O) groups excluding carboxylic acids is 2. The standard InChI is InChI=1S/C18H24ClFN2O4/c1-2-26-16(23)6-7-22(9-8-21-10-12-25-13-11-21)18(24)17-14(19)4-3-5-15(17)20/h3-5H,2,6-13H2,1H3. The minimum absolute atomic E-state index is 0.0504. The van der Waals surface area contributed by atoms with Gasteiger partial charge < -0.3 is 14.4 Å². The maximum absolute atomic E-state index is 14.1. The Labute approximate surface area is 157 Å². The van der Waals surface area contributed by atoms with E-state index in [9.17, 15) is 14.0 Å². The molecule has 1 aliphatic rings. The first-order valence-electron chi connectivity index (χ1n) is 8.72. The lowest BCUT2D eigenvalue weighted by atomic mass is 10.1. The quantitative estimate of drug-likeness (QED) is 0.641. The third-order valence-electron chi connectivity index (χ3n) is 4.14. The molecule has 2 rings (SSSR count). The molecule has 1 amide bonds. The summed E-state index contributed by atoms with van der Waals surface area (Å²) < 4.78 is 24.4. The van der Waals surface area contributed by atoms with E-state index in [-0.39, 0.29) is 30.2 Å². The smallest absolute Gasteiger partial charge is 0.307 e. The molecule has 0 aromatic heterocycles. The summed E-state index contributed by atoms with van der Waals surface area (Å²) in [4.78, 5) is 28.1. The van der Waals surface area contributed by atoms with Crippen LogP contribution in [0.2, 0.25) is 5.02 Å². The Balaban J connectivity index is 2.07. The van der Waals surface area contributed by atoms with E-state index >= 15 is 0 Å². The largest absolute Gasteiger partial charge is 0.466 e. The fraction of sp³-hybridized carbons (Fsp3) is 0.556. The first-order valence-corrected chi connectivity index (χ1v) is 9.09. The molecule has 0 bridgehead atoms. The number of hydrogen-bond donors (Lipinski definition) is 0. The van der Waals surface area contributed by atoms with Gasteiger partial charge in [0, 0.05) is 32.7 Å². The molecule has 1 aliphatic heterocycles. The monoisotopic (exact) mass is 386 g/mol. The second-order valence-corrected chi connectivity index (χ2v) is 6.31. The van der Waals surface area contributed by atoms with Gasteiger partial charge in [-0.3, -0.25) is 14.5 Å². The van der Waals surface area contributed by atoms with Gasteiger partial charge in [0.15, 0.2) is 0 Å². The van der Waals surface area contributed by atoms with Gasteiger partial charge >= 0.3 is 5.97 Å². The van der Waals surface area contributed by atoms with Gasteiger partial charge in [0.1, 0.15) is 5.82 Å². The highest BCUT2D eigenvalue weighted by Crippen LogP contribution is 2.21. The molecule has 1 heterocycles. The van der Waals surface area contributed by atoms with E-state index in [2.05, 4.69) is 4.90 Å². The number of nitrogens with zero attached hydrogens (tertiary/aromatic N) is 2. The molecule has 0 N–H and O–H groups in total. The Kier molecular flexibility index (Phi) is 8.28. The number of hydrogen-bond acceptors (Lipinski definition) is 5. The van der Waals surface area contributed by atoms with Crippen molar-refractivity contribution in [2.45, 2.75) is 13.3 Å². The molecule has 0 atom stereocenters. The number of rotatable bonds is 8. The summed E-state index contributed by atoms with van der Waals surface area (Å²) >= 11 is 6.02. The molecular formula is C18H24ClFN2O4. The molecular weight excluding hydrogens is 363 g/mol. The normalized spacial score (nSPS) is 14.9. The Morgan fingerprint density at radius 2 is 2.04 bits per heavy atom. The van der Waals surface area contributed by atoms with Crippen molar-refractivity contribution in [3.05, 3.63) is 34.6 Å². The van der Waals surface area contributed by atoms with Crippen molar-refractivity contribution in [3.8, 4) is 0 Å². The van der Waals surface area contributed by atoms with E-state index in [1.807, 2.05) is 0 Å². The van der Waals surface area contributed by atoms with Crippen LogP contribution in [0, 0.1) is 5.82 Å². The lowest BCUT2D eigenvalue weighted by molar-refractivity contribution is -0.143. The minimum atomic E-state index is -0.671. The van der Waals surface area contributed by atoms with Crippen LogP contribution in [0.25, 0.3) is 0 Å². The van der Waals surface area contributed by atoms with E-state index in [0.29, 0.717) is 26.3 Å². The zero-order valence-corrected chi connectivity index (χ0v) is 15.6. The summed E-state index contributed by atoms with van der Waals surface area (Å²) in [5.41, 5.74) is -0.167. The number of esters is 1. The first kappa shape index (κ1) is 20.6. The molecule has 0 aliphatic carbocycles. The van der Waals surface area contributed by atoms with Crippen molar-refractivity contribution in [2.24, 2.45) is 0 Å². The summed E-state index contributed by atoms with van der Waals surface area (Å²) in [5, 5.41) is 0.0579. The first-order chi connectivity index (χ1) is 12.5. The van der Waals surface area contributed by atoms with E-state index < -0.39 is 17.7 Å². The lowest BCUT2D eigenvalue weighted by Gasteiger charge is -2.30. The molecule has 6 nitrogen and oxygen atoms in total. The molecule has 1 fully saturated rings. The predicted octanol–water partition coefficient (Wildman–Crippen LogP) is 2.21. The maximum atomic E-state index is 14.1. The zero-order chi connectivity index (χ0) is 18.9. The van der Waals surface area contributed by atoms with Gasteiger partial charge in [-0.1, -0.05) is 17.7 Å². The van der Waals surface area contributed by atoms with Gasteiger partial charge in [0.25, 0.3) is 5.91 Å². The van der Waals surface area contributed by atoms with Crippen molar-refractivity contribution >= 4 is 23.5 Å². The molecule has 0 saturated carbocycles. The fourth-order valence-electron chi connectivity index (χ4n) is 2.72. The number of halogens is 2. The van der Waals surface area contributed by atoms with Gasteiger partial charge in [0.2, 0.25) is 0 Å². The molecule has 8 heteroatoms. The van der Waals surface area contributed by atoms with E-state index in [4.69, 9.17) is 21.1 Å². The Hall–Kier alpha value is -1.70. The van der Waals surface area contributed by atoms with E-state index in [0.717, 1.165) is 13.1 Å². The molecule has 0 radical (unpaired) electrons. The van der Waals surface area contributed by atoms with Crippen molar-refractivity contribution in [3.63, 3.8) is 0 Å². The Morgan fingerprint density at radius 1 is 1.31 bits per heavy atom. The summed E-state index contributed by atoms with van der Waals surface area (Å²) in [5.74, 6) is -1.59. The van der Waals surface area contributed by atoms with E-state index in [1.165, 1.54) is 23.1 Å². The highest BCUT2D eigenvalue weighted by atomic mass is 35.5. The number of benzene rings is 1. The van der Waals surface area contributed by atoms with Crippen LogP contribution in [-0.2, 0) is 14.3 Å². The Bertz CT molecular complexity index is 603. The number of carbonyl (C=O) groups is 2. The van der Waals surface area contributed by atoms with Crippen LogP contribution in [0.15, 0.2) is 18.2 Å². The minimum Gasteiger partial charge on any atom is -0.466 e. The van der Waals surface area contributed by atoms with Crippen LogP contribution in [0.4, 0.5) is 4.39 Å². The molecule has 1 aromatic rings. The molecule has 0 spiro atoms. The topological polar surface area (TPSA) is 59.1 Å². The summed E-state index contributed by atoms with van der Waals surface area (Å²) in [6.45, 7) is 5.98. The van der Waals surface area contributed by atoms with Crippen molar-refractivity contribution in [1.82, 2.24) is 9.80 Å². The van der Waals surface area contributed by atoms with Crippen LogP contribution in [0.1, 0.15) is 23.7 Å². The van der Waals surface area contributed by atoms with Crippen LogP contribution in [-0.4, -0.2) is 74.2 Å². The van der Waals surface area contributed by atoms with Crippen LogP contribution in [0.3, 0.4) is 0 Å². The van der Waals surface area contributed by atoms with Crippen LogP contribution >= 0.6 is 11.6 Å². The average molecular weight is 387 g/mol. The fourth-order valence-corrected chi connectivity index (χ4v) is 2.97. The number of ether oxygens (including phenoxy) is 2. The van der Waals surface area contributed by atoms with Gasteiger partial charge in [-0.2, -0.15) is 0 Å². The maximum Gasteiger partial charge on any atom is 0.307 e. The molecule has 26 heavy (non-hydrogen) atoms. The molecule has 1 aromatic carbocycles. The molecule has 1 saturated heterocycles. The summed E-state index contributed by atoms with van der Waals surface area (Å²) in [6, 6.07) is 4.12. The van der Waals surface area contributed by atoms with Gasteiger partial charge in [0.05, 0.1) is 36.8 Å². The highest BCUT2D eigenvalue weighted by molar-refractivity contribution is 6.33. The second kappa shape index (κ2) is 10.4. The van der Waals surface area contributed by atoms with Gasteiger partial charge in [-0.05, 0) is 19.1 Å². The predicted molar refractivity (Wildman–Crippen MR) is 95.8 cm³/mol. The van der Waals surface area contributed by atoms with Crippen molar-refractivity contribution in [1.29, 1.82) is 0 Å². The lowest BCUT2D eigenvalue weighted by Crippen LogP contribution is -2.44. The van der Waals surface area contributed by atoms with Gasteiger partial charge in [-0.25, -0.2) is 4.39 Å². The van der Waals surface area contributed by atoms with E-state index in [1.54, 1.807) is 6.92 Å². The molecule has 0 unspecified atom stereocenters. The SMILES string of the molecule is CCOC(=O)CCN(CCN1CCOCC1)C(=O)c1c(F)cccc1Cl. The van der Waals surface area contributed by atoms with Crippen LogP contribution < -0.4 is 0 Å². The second-order valence-electron chi connectivity index (χ2n) is 5.90. The highest BCUT2D eigenvalue weighted by Gasteiger charge is 2.23. The summed E-state index contributed by atoms with van der Waals surface area (Å²) in [6.07, 6.45) is 0.0504. The number of amides is 1. The summed E-state index contributed by atoms with van der Waals surface area (Å²) in [7, 11) is 0. The van der Waals surface area contributed by atoms with Crippen molar-refractivity contribution < 1.29 is 23.5 Å². The third-order valence-corrected chi connectivity index (χ3v) is 4.46. The zero-order valence-electron chi connectivity index (χ0n) is 14.9. The van der Waals surface area contributed by atoms with Crippen molar-refractivity contribution in [2.75, 3.05) is 52.5 Å². The average Bonchev–Trinajstić information content (AvgIpc) is 2.62. The number of morpholine rings is 1. The Morgan fingerprint density at radius 3 is 2.69 bits per heavy atom. The van der Waals surface area contributed by atoms with Gasteiger partial charge in [-0.15, -0.1) is 0 Å².